The van der Waals surface area contributed by atoms with Crippen LogP contribution in [0.25, 0.3) is 0 Å². The Morgan fingerprint density at radius 2 is 2.30 bits per heavy atom. The molecule has 128 valence electrons. The van der Waals surface area contributed by atoms with Crippen LogP contribution in [0, 0.1) is 5.92 Å². The smallest absolute Gasteiger partial charge is 0.354 e. The third-order valence-corrected chi connectivity index (χ3v) is 7.23. The highest BCUT2D eigenvalue weighted by molar-refractivity contribution is 8.23. The standard InChI is InChI=1S/C14H19FN2O4S2/c1-7(18)9-11(19)17-10(13(20)21)14(23-12(9)17)22-8-2-4-16(6-8)5-3-15/h7-9,12,18H,2-6H2,1H3,(H,20,21)/t7-,8?,9?,12?/m0/s1. The van der Waals surface area contributed by atoms with Gasteiger partial charge in [0, 0.05) is 18.3 Å². The molecule has 2 fully saturated rings. The zero-order valence-corrected chi connectivity index (χ0v) is 14.3. The van der Waals surface area contributed by atoms with Crippen molar-refractivity contribution in [3.63, 3.8) is 0 Å². The molecule has 0 spiro atoms. The Morgan fingerprint density at radius 1 is 1.57 bits per heavy atom. The number of rotatable bonds is 6. The molecule has 2 N–H and O–H groups in total. The van der Waals surface area contributed by atoms with E-state index in [1.165, 1.54) is 28.4 Å². The number of thioether (sulfide) groups is 2. The van der Waals surface area contributed by atoms with E-state index in [4.69, 9.17) is 0 Å². The first kappa shape index (κ1) is 17.1. The first-order valence-electron chi connectivity index (χ1n) is 7.54. The summed E-state index contributed by atoms with van der Waals surface area (Å²) < 4.78 is 13.0. The Bertz CT molecular complexity index is 557. The summed E-state index contributed by atoms with van der Waals surface area (Å²) in [6.45, 7) is 3.12. The molecule has 2 saturated heterocycles. The van der Waals surface area contributed by atoms with Gasteiger partial charge >= 0.3 is 5.97 Å². The maximum Gasteiger partial charge on any atom is 0.354 e. The van der Waals surface area contributed by atoms with Gasteiger partial charge in [0.15, 0.2) is 5.70 Å². The quantitative estimate of drug-likeness (QED) is 0.680. The van der Waals surface area contributed by atoms with Crippen LogP contribution < -0.4 is 0 Å². The second-order valence-corrected chi connectivity index (χ2v) is 8.64. The first-order chi connectivity index (χ1) is 10.9. The SMILES string of the molecule is C[C@H](O)C1C(=O)N2C(C(=O)O)=C(SC3CCN(CCF)C3)SC12. The van der Waals surface area contributed by atoms with Crippen molar-refractivity contribution in [3.8, 4) is 0 Å². The maximum absolute atomic E-state index is 12.4. The van der Waals surface area contributed by atoms with E-state index in [1.807, 2.05) is 4.90 Å². The van der Waals surface area contributed by atoms with Crippen LogP contribution >= 0.6 is 23.5 Å². The molecule has 3 heterocycles. The summed E-state index contributed by atoms with van der Waals surface area (Å²) in [5, 5.41) is 19.0. The Labute approximate surface area is 142 Å². The van der Waals surface area contributed by atoms with Crippen molar-refractivity contribution < 1.29 is 24.2 Å². The number of nitrogens with zero attached hydrogens (tertiary/aromatic N) is 2. The number of aliphatic hydroxyl groups excluding tert-OH is 1. The Kier molecular flexibility index (Phi) is 4.91. The van der Waals surface area contributed by atoms with Gasteiger partial charge in [-0.15, -0.1) is 11.8 Å². The number of carbonyl (C=O) groups is 2. The normalized spacial score (nSPS) is 32.2. The second-order valence-electron chi connectivity index (χ2n) is 5.94. The average Bonchev–Trinajstić information content (AvgIpc) is 3.02. The highest BCUT2D eigenvalue weighted by atomic mass is 32.2. The van der Waals surface area contributed by atoms with Gasteiger partial charge in [-0.25, -0.2) is 9.18 Å². The van der Waals surface area contributed by atoms with Gasteiger partial charge in [-0.2, -0.15) is 0 Å². The second kappa shape index (κ2) is 6.62. The molecule has 0 radical (unpaired) electrons. The third-order valence-electron chi connectivity index (χ3n) is 4.37. The van der Waals surface area contributed by atoms with E-state index in [9.17, 15) is 24.2 Å². The fourth-order valence-corrected chi connectivity index (χ4v) is 6.56. The van der Waals surface area contributed by atoms with E-state index in [0.29, 0.717) is 10.8 Å². The van der Waals surface area contributed by atoms with Gasteiger partial charge in [-0.1, -0.05) is 11.8 Å². The predicted molar refractivity (Wildman–Crippen MR) is 86.5 cm³/mol. The summed E-state index contributed by atoms with van der Waals surface area (Å²) in [5.41, 5.74) is 0.0378. The predicted octanol–water partition coefficient (Wildman–Crippen LogP) is 0.929. The number of carboxylic acids is 1. The van der Waals surface area contributed by atoms with E-state index >= 15 is 0 Å². The fourth-order valence-electron chi connectivity index (χ4n) is 3.20. The van der Waals surface area contributed by atoms with E-state index in [-0.39, 0.29) is 28.9 Å². The molecule has 0 aliphatic carbocycles. The molecule has 4 atom stereocenters. The van der Waals surface area contributed by atoms with Crippen LogP contribution in [-0.4, -0.2) is 74.9 Å². The van der Waals surface area contributed by atoms with E-state index in [0.717, 1.165) is 19.5 Å². The number of carboxylic acid groups (broad SMARTS) is 1. The van der Waals surface area contributed by atoms with Crippen LogP contribution in [0.15, 0.2) is 9.93 Å². The average molecular weight is 362 g/mol. The summed E-state index contributed by atoms with van der Waals surface area (Å²) in [5.74, 6) is -1.98. The van der Waals surface area contributed by atoms with Crippen LogP contribution in [-0.2, 0) is 9.59 Å². The van der Waals surface area contributed by atoms with Gasteiger partial charge < -0.3 is 10.2 Å². The number of aliphatic carboxylic acids is 1. The Balaban J connectivity index is 1.72. The number of β-lactam (4-membered cyclic amide) rings is 1. The number of likely N-dealkylation sites (tertiary alicyclic amines) is 1. The van der Waals surface area contributed by atoms with Crippen molar-refractivity contribution in [2.45, 2.75) is 30.1 Å². The lowest BCUT2D eigenvalue weighted by molar-refractivity contribution is -0.156. The van der Waals surface area contributed by atoms with E-state index < -0.39 is 18.0 Å². The topological polar surface area (TPSA) is 81.1 Å². The number of amides is 1. The molecule has 3 rings (SSSR count). The van der Waals surface area contributed by atoms with Gasteiger partial charge in [-0.3, -0.25) is 14.6 Å². The number of alkyl halides is 1. The highest BCUT2D eigenvalue weighted by Crippen LogP contribution is 2.55. The molecule has 23 heavy (non-hydrogen) atoms. The summed E-state index contributed by atoms with van der Waals surface area (Å²) in [6, 6.07) is 0. The van der Waals surface area contributed by atoms with Crippen LogP contribution in [0.5, 0.6) is 0 Å². The van der Waals surface area contributed by atoms with Crippen LogP contribution in [0.1, 0.15) is 13.3 Å². The monoisotopic (exact) mass is 362 g/mol. The largest absolute Gasteiger partial charge is 0.477 e. The number of fused-ring (bicyclic) bond motifs is 1. The van der Waals surface area contributed by atoms with Crippen LogP contribution in [0.4, 0.5) is 4.39 Å². The molecule has 3 aliphatic heterocycles. The van der Waals surface area contributed by atoms with E-state index in [2.05, 4.69) is 0 Å². The van der Waals surface area contributed by atoms with Crippen molar-refractivity contribution in [2.75, 3.05) is 26.3 Å². The van der Waals surface area contributed by atoms with Crippen LogP contribution in [0.3, 0.4) is 0 Å². The summed E-state index contributed by atoms with van der Waals surface area (Å²) in [4.78, 5) is 27.0. The molecule has 9 heteroatoms. The molecule has 0 aromatic rings. The van der Waals surface area contributed by atoms with Gasteiger partial charge in [0.1, 0.15) is 12.0 Å². The van der Waals surface area contributed by atoms with Gasteiger partial charge in [0.2, 0.25) is 5.91 Å². The van der Waals surface area contributed by atoms with Crippen molar-refractivity contribution in [3.05, 3.63) is 9.93 Å². The molecule has 0 aromatic heterocycles. The Hall–Kier alpha value is -0.770. The number of carbonyl (C=O) groups excluding carboxylic acids is 1. The third kappa shape index (κ3) is 2.99. The minimum Gasteiger partial charge on any atom is -0.477 e. The molecule has 0 aromatic carbocycles. The minimum atomic E-state index is -1.11. The summed E-state index contributed by atoms with van der Waals surface area (Å²) >= 11 is 2.82. The number of hydrogen-bond donors (Lipinski definition) is 2. The van der Waals surface area contributed by atoms with Gasteiger partial charge in [-0.05, 0) is 19.9 Å². The van der Waals surface area contributed by atoms with Gasteiger partial charge in [0.25, 0.3) is 0 Å². The lowest BCUT2D eigenvalue weighted by Gasteiger charge is -2.43. The molecule has 0 bridgehead atoms. The molecule has 3 aliphatic rings. The summed E-state index contributed by atoms with van der Waals surface area (Å²) in [6.07, 6.45) is 0.0854. The van der Waals surface area contributed by atoms with Crippen LogP contribution in [0.2, 0.25) is 0 Å². The van der Waals surface area contributed by atoms with E-state index in [1.54, 1.807) is 6.92 Å². The highest BCUT2D eigenvalue weighted by Gasteiger charge is 2.58. The number of hydrogen-bond acceptors (Lipinski definition) is 6. The lowest BCUT2D eigenvalue weighted by atomic mass is 9.92. The maximum atomic E-state index is 12.4. The lowest BCUT2D eigenvalue weighted by Crippen LogP contribution is -2.60. The summed E-state index contributed by atoms with van der Waals surface area (Å²) in [7, 11) is 0. The molecule has 3 unspecified atom stereocenters. The van der Waals surface area contributed by atoms with Crippen molar-refractivity contribution in [1.29, 1.82) is 0 Å². The van der Waals surface area contributed by atoms with Gasteiger partial charge in [0.05, 0.1) is 16.3 Å². The minimum absolute atomic E-state index is 0.0378. The number of aliphatic hydroxyl groups is 1. The molecule has 6 nitrogen and oxygen atoms in total. The van der Waals surface area contributed by atoms with Crippen molar-refractivity contribution in [2.24, 2.45) is 5.92 Å². The van der Waals surface area contributed by atoms with Crippen molar-refractivity contribution in [1.82, 2.24) is 9.80 Å². The molecule has 0 saturated carbocycles. The first-order valence-corrected chi connectivity index (χ1v) is 9.30. The zero-order valence-electron chi connectivity index (χ0n) is 12.6. The molecular weight excluding hydrogens is 343 g/mol. The number of halogens is 1. The zero-order chi connectivity index (χ0) is 16.7. The molecule has 1 amide bonds. The Morgan fingerprint density at radius 3 is 2.91 bits per heavy atom. The fraction of sp³-hybridized carbons (Fsp3) is 0.714. The molecular formula is C14H19FN2O4S2. The van der Waals surface area contributed by atoms with Crippen molar-refractivity contribution >= 4 is 35.4 Å².